The Hall–Kier alpha value is -0.520. The van der Waals surface area contributed by atoms with Gasteiger partial charge in [0, 0.05) is 19.0 Å². The highest BCUT2D eigenvalue weighted by atomic mass is 16.3. The standard InChI is InChI=1S/C11H19NO/c1-3-4-5-7-11(13)8-6-10(2)12-9-11/h10,12-13H,5-9H2,1-2H3. The van der Waals surface area contributed by atoms with E-state index in [1.165, 1.54) is 0 Å². The Morgan fingerprint density at radius 1 is 1.62 bits per heavy atom. The van der Waals surface area contributed by atoms with Crippen LogP contribution in [0.3, 0.4) is 0 Å². The monoisotopic (exact) mass is 181 g/mol. The zero-order chi connectivity index (χ0) is 9.73. The van der Waals surface area contributed by atoms with Crippen LogP contribution in [0.4, 0.5) is 0 Å². The van der Waals surface area contributed by atoms with Crippen LogP contribution in [-0.2, 0) is 0 Å². The van der Waals surface area contributed by atoms with Gasteiger partial charge in [-0.15, -0.1) is 11.8 Å². The molecule has 1 heterocycles. The van der Waals surface area contributed by atoms with Crippen LogP contribution in [0, 0.1) is 11.8 Å². The van der Waals surface area contributed by atoms with E-state index in [0.29, 0.717) is 6.04 Å². The van der Waals surface area contributed by atoms with Crippen molar-refractivity contribution in [3.8, 4) is 11.8 Å². The summed E-state index contributed by atoms with van der Waals surface area (Å²) in [6, 6.07) is 0.553. The quantitative estimate of drug-likeness (QED) is 0.629. The highest BCUT2D eigenvalue weighted by Gasteiger charge is 2.30. The average molecular weight is 181 g/mol. The summed E-state index contributed by atoms with van der Waals surface area (Å²) in [6.07, 6.45) is 3.58. The summed E-state index contributed by atoms with van der Waals surface area (Å²) < 4.78 is 0. The zero-order valence-electron chi connectivity index (χ0n) is 8.56. The molecule has 0 amide bonds. The number of hydrogen-bond donors (Lipinski definition) is 2. The summed E-state index contributed by atoms with van der Waals surface area (Å²) in [7, 11) is 0. The van der Waals surface area contributed by atoms with Crippen LogP contribution in [0.1, 0.15) is 39.5 Å². The second kappa shape index (κ2) is 4.64. The molecule has 0 aromatic rings. The van der Waals surface area contributed by atoms with Crippen LogP contribution in [-0.4, -0.2) is 23.3 Å². The highest BCUT2D eigenvalue weighted by Crippen LogP contribution is 2.23. The molecule has 2 unspecified atom stereocenters. The maximum absolute atomic E-state index is 10.1. The molecule has 0 aromatic heterocycles. The van der Waals surface area contributed by atoms with Crippen molar-refractivity contribution in [2.24, 2.45) is 0 Å². The van der Waals surface area contributed by atoms with Crippen molar-refractivity contribution in [3.05, 3.63) is 0 Å². The Labute approximate surface area is 80.7 Å². The van der Waals surface area contributed by atoms with E-state index < -0.39 is 5.60 Å². The molecule has 74 valence electrons. The maximum Gasteiger partial charge on any atom is 0.0781 e. The molecular weight excluding hydrogens is 162 g/mol. The predicted molar refractivity (Wildman–Crippen MR) is 54.3 cm³/mol. The van der Waals surface area contributed by atoms with Crippen molar-refractivity contribution in [1.82, 2.24) is 5.32 Å². The number of rotatable bonds is 2. The molecule has 1 fully saturated rings. The summed E-state index contributed by atoms with van der Waals surface area (Å²) in [5.41, 5.74) is -0.504. The topological polar surface area (TPSA) is 32.3 Å². The van der Waals surface area contributed by atoms with Crippen molar-refractivity contribution in [2.45, 2.75) is 51.2 Å². The molecule has 2 heteroatoms. The number of β-amino-alcohol motifs (C(OH)–C–C–N with tert-alkyl or cyclic N) is 1. The minimum Gasteiger partial charge on any atom is -0.389 e. The largest absolute Gasteiger partial charge is 0.389 e. The molecule has 2 atom stereocenters. The molecule has 0 aliphatic carbocycles. The lowest BCUT2D eigenvalue weighted by Crippen LogP contribution is -2.49. The fraction of sp³-hybridized carbons (Fsp3) is 0.818. The zero-order valence-corrected chi connectivity index (χ0v) is 8.56. The summed E-state index contributed by atoms with van der Waals surface area (Å²) >= 11 is 0. The van der Waals surface area contributed by atoms with E-state index >= 15 is 0 Å². The van der Waals surface area contributed by atoms with E-state index in [9.17, 15) is 5.11 Å². The summed E-state index contributed by atoms with van der Waals surface area (Å²) in [4.78, 5) is 0. The van der Waals surface area contributed by atoms with E-state index in [1.807, 2.05) is 6.92 Å². The van der Waals surface area contributed by atoms with Crippen LogP contribution in [0.15, 0.2) is 0 Å². The fourth-order valence-corrected chi connectivity index (χ4v) is 1.67. The van der Waals surface area contributed by atoms with Gasteiger partial charge in [-0.3, -0.25) is 0 Å². The Morgan fingerprint density at radius 3 is 2.92 bits per heavy atom. The van der Waals surface area contributed by atoms with Gasteiger partial charge in [0.2, 0.25) is 0 Å². The number of piperidine rings is 1. The Kier molecular flexibility index (Phi) is 3.77. The first-order valence-corrected chi connectivity index (χ1v) is 5.02. The van der Waals surface area contributed by atoms with Gasteiger partial charge in [0.15, 0.2) is 0 Å². The molecule has 0 radical (unpaired) electrons. The minimum atomic E-state index is -0.504. The number of nitrogens with one attached hydrogen (secondary N) is 1. The predicted octanol–water partition coefficient (Wildman–Crippen LogP) is 1.29. The van der Waals surface area contributed by atoms with Crippen molar-refractivity contribution in [1.29, 1.82) is 0 Å². The van der Waals surface area contributed by atoms with E-state index in [1.54, 1.807) is 0 Å². The molecule has 1 aliphatic rings. The second-order valence-corrected chi connectivity index (χ2v) is 3.97. The Morgan fingerprint density at radius 2 is 2.38 bits per heavy atom. The molecular formula is C11H19NO. The first-order valence-electron chi connectivity index (χ1n) is 5.02. The van der Waals surface area contributed by atoms with Gasteiger partial charge in [-0.25, -0.2) is 0 Å². The average Bonchev–Trinajstić information content (AvgIpc) is 2.12. The molecule has 2 N–H and O–H groups in total. The van der Waals surface area contributed by atoms with Crippen molar-refractivity contribution in [2.75, 3.05) is 6.54 Å². The van der Waals surface area contributed by atoms with Crippen LogP contribution < -0.4 is 5.32 Å². The van der Waals surface area contributed by atoms with Gasteiger partial charge >= 0.3 is 0 Å². The van der Waals surface area contributed by atoms with E-state index in [0.717, 1.165) is 32.2 Å². The highest BCUT2D eigenvalue weighted by molar-refractivity contribution is 4.98. The maximum atomic E-state index is 10.1. The van der Waals surface area contributed by atoms with Gasteiger partial charge in [-0.05, 0) is 33.1 Å². The van der Waals surface area contributed by atoms with Crippen molar-refractivity contribution >= 4 is 0 Å². The molecule has 1 saturated heterocycles. The molecule has 0 aromatic carbocycles. The van der Waals surface area contributed by atoms with Crippen LogP contribution >= 0.6 is 0 Å². The smallest absolute Gasteiger partial charge is 0.0781 e. The summed E-state index contributed by atoms with van der Waals surface area (Å²) in [5, 5.41) is 13.4. The van der Waals surface area contributed by atoms with Crippen molar-refractivity contribution in [3.63, 3.8) is 0 Å². The Bertz CT molecular complexity index is 206. The van der Waals surface area contributed by atoms with Gasteiger partial charge < -0.3 is 10.4 Å². The minimum absolute atomic E-state index is 0.504. The van der Waals surface area contributed by atoms with Crippen molar-refractivity contribution < 1.29 is 5.11 Å². The van der Waals surface area contributed by atoms with Gasteiger partial charge in [0.1, 0.15) is 0 Å². The lowest BCUT2D eigenvalue weighted by atomic mass is 9.87. The normalized spacial score (nSPS) is 33.6. The van der Waals surface area contributed by atoms with Crippen LogP contribution in [0.5, 0.6) is 0 Å². The lowest BCUT2D eigenvalue weighted by Gasteiger charge is -2.35. The number of hydrogen-bond acceptors (Lipinski definition) is 2. The van der Waals surface area contributed by atoms with Gasteiger partial charge in [-0.2, -0.15) is 0 Å². The Balaban J connectivity index is 2.32. The molecule has 0 spiro atoms. The molecule has 0 bridgehead atoms. The summed E-state index contributed by atoms with van der Waals surface area (Å²) in [6.45, 7) is 4.72. The third-order valence-corrected chi connectivity index (χ3v) is 2.71. The first kappa shape index (κ1) is 10.6. The van der Waals surface area contributed by atoms with E-state index in [4.69, 9.17) is 0 Å². The molecule has 1 rings (SSSR count). The van der Waals surface area contributed by atoms with Gasteiger partial charge in [0.25, 0.3) is 0 Å². The lowest BCUT2D eigenvalue weighted by molar-refractivity contribution is 0.00180. The fourth-order valence-electron chi connectivity index (χ4n) is 1.67. The second-order valence-electron chi connectivity index (χ2n) is 3.97. The summed E-state index contributed by atoms with van der Waals surface area (Å²) in [5.74, 6) is 5.85. The van der Waals surface area contributed by atoms with E-state index in [-0.39, 0.29) is 0 Å². The van der Waals surface area contributed by atoms with E-state index in [2.05, 4.69) is 24.1 Å². The third kappa shape index (κ3) is 3.38. The molecule has 13 heavy (non-hydrogen) atoms. The number of aliphatic hydroxyl groups is 1. The molecule has 1 aliphatic heterocycles. The third-order valence-electron chi connectivity index (χ3n) is 2.71. The van der Waals surface area contributed by atoms with Crippen LogP contribution in [0.25, 0.3) is 0 Å². The van der Waals surface area contributed by atoms with Gasteiger partial charge in [-0.1, -0.05) is 0 Å². The SMILES string of the molecule is CC#CCCC1(O)CCC(C)NC1. The first-order chi connectivity index (χ1) is 6.16. The van der Waals surface area contributed by atoms with Gasteiger partial charge in [0.05, 0.1) is 5.60 Å². The molecule has 0 saturated carbocycles. The van der Waals surface area contributed by atoms with Crippen LogP contribution in [0.2, 0.25) is 0 Å². The molecule has 2 nitrogen and oxygen atoms in total.